The molecule has 0 N–H and O–H groups in total. The molecule has 0 aliphatic rings. The van der Waals surface area contributed by atoms with Crippen LogP contribution in [0.2, 0.25) is 0 Å². The molecule has 0 fully saturated rings. The molecule has 0 heterocycles. The molecule has 0 spiro atoms. The van der Waals surface area contributed by atoms with E-state index in [1.165, 1.54) is 16.7 Å². The maximum atomic E-state index is 3.73. The van der Waals surface area contributed by atoms with Gasteiger partial charge in [0.25, 0.3) is 0 Å². The van der Waals surface area contributed by atoms with E-state index in [1.54, 1.807) is 0 Å². The van der Waals surface area contributed by atoms with Gasteiger partial charge in [-0.2, -0.15) is 0 Å². The van der Waals surface area contributed by atoms with Crippen LogP contribution in [0.25, 0.3) is 0 Å². The number of nitrogens with zero attached hydrogens (tertiary/aromatic N) is 1. The summed E-state index contributed by atoms with van der Waals surface area (Å²) in [5.74, 6) is 0. The summed E-state index contributed by atoms with van der Waals surface area (Å²) in [7, 11) is 4.17. The lowest BCUT2D eigenvalue weighted by Gasteiger charge is -2.11. The van der Waals surface area contributed by atoms with Crippen molar-refractivity contribution in [2.24, 2.45) is 0 Å². The quantitative estimate of drug-likeness (QED) is 0.600. The Balaban J connectivity index is 4.52. The average molecular weight is 179 g/mol. The maximum absolute atomic E-state index is 3.73. The molecule has 0 amide bonds. The topological polar surface area (TPSA) is 3.24 Å². The Morgan fingerprint density at radius 2 is 1.77 bits per heavy atom. The van der Waals surface area contributed by atoms with Gasteiger partial charge in [-0.15, -0.1) is 0 Å². The first-order chi connectivity index (χ1) is 5.97. The molecule has 0 radical (unpaired) electrons. The van der Waals surface area contributed by atoms with Crippen molar-refractivity contribution in [2.45, 2.75) is 20.8 Å². The minimum atomic E-state index is 1.02. The predicted octanol–water partition coefficient (Wildman–Crippen LogP) is 3.02. The van der Waals surface area contributed by atoms with E-state index in [9.17, 15) is 0 Å². The summed E-state index contributed by atoms with van der Waals surface area (Å²) in [6.07, 6.45) is 4.05. The van der Waals surface area contributed by atoms with Crippen molar-refractivity contribution in [2.75, 3.05) is 20.6 Å². The van der Waals surface area contributed by atoms with Gasteiger partial charge in [-0.3, -0.25) is 0 Å². The highest BCUT2D eigenvalue weighted by molar-refractivity contribution is 5.30. The second kappa shape index (κ2) is 5.76. The largest absolute Gasteiger partial charge is 0.305 e. The van der Waals surface area contributed by atoms with E-state index in [1.807, 2.05) is 6.08 Å². The van der Waals surface area contributed by atoms with Gasteiger partial charge in [-0.05, 0) is 34.9 Å². The van der Waals surface area contributed by atoms with Crippen LogP contribution < -0.4 is 0 Å². The number of hydrogen-bond acceptors (Lipinski definition) is 1. The summed E-state index contributed by atoms with van der Waals surface area (Å²) >= 11 is 0. The van der Waals surface area contributed by atoms with Crippen molar-refractivity contribution in [3.8, 4) is 0 Å². The smallest absolute Gasteiger partial charge is 0.0189 e. The molecule has 0 unspecified atom stereocenters. The highest BCUT2D eigenvalue weighted by Crippen LogP contribution is 2.08. The van der Waals surface area contributed by atoms with Crippen molar-refractivity contribution in [1.29, 1.82) is 0 Å². The third-order valence-electron chi connectivity index (χ3n) is 1.99. The highest BCUT2D eigenvalue weighted by Gasteiger charge is 1.96. The molecular formula is C12H21N. The number of likely N-dealkylation sites (N-methyl/N-ethyl adjacent to an activating group) is 1. The normalized spacial score (nSPS) is 14.5. The summed E-state index contributed by atoms with van der Waals surface area (Å²) in [6.45, 7) is 11.1. The highest BCUT2D eigenvalue weighted by atomic mass is 15.0. The predicted molar refractivity (Wildman–Crippen MR) is 60.9 cm³/mol. The summed E-state index contributed by atoms with van der Waals surface area (Å²) < 4.78 is 0. The first kappa shape index (κ1) is 12.2. The first-order valence-corrected chi connectivity index (χ1v) is 4.59. The molecule has 0 saturated carbocycles. The van der Waals surface area contributed by atoms with Gasteiger partial charge < -0.3 is 4.90 Å². The second-order valence-corrected chi connectivity index (χ2v) is 3.79. The van der Waals surface area contributed by atoms with Crippen LogP contribution >= 0.6 is 0 Å². The zero-order chi connectivity index (χ0) is 10.4. The lowest BCUT2D eigenvalue weighted by atomic mass is 10.1. The minimum Gasteiger partial charge on any atom is -0.305 e. The fourth-order valence-corrected chi connectivity index (χ4v) is 1.12. The third kappa shape index (κ3) is 5.42. The lowest BCUT2D eigenvalue weighted by molar-refractivity contribution is 0.444. The average Bonchev–Trinajstić information content (AvgIpc) is 2.02. The van der Waals surface area contributed by atoms with Gasteiger partial charge in [0, 0.05) is 6.54 Å². The van der Waals surface area contributed by atoms with E-state index < -0.39 is 0 Å². The summed E-state index contributed by atoms with van der Waals surface area (Å²) in [5, 5.41) is 0. The number of allylic oxidation sites excluding steroid dienone is 4. The Morgan fingerprint density at radius 3 is 2.15 bits per heavy atom. The van der Waals surface area contributed by atoms with Gasteiger partial charge in [0.1, 0.15) is 0 Å². The molecule has 74 valence electrons. The fraction of sp³-hybridized carbons (Fsp3) is 0.500. The molecule has 13 heavy (non-hydrogen) atoms. The van der Waals surface area contributed by atoms with E-state index in [0.717, 1.165) is 6.54 Å². The third-order valence-corrected chi connectivity index (χ3v) is 1.99. The van der Waals surface area contributed by atoms with Gasteiger partial charge in [0.15, 0.2) is 0 Å². The summed E-state index contributed by atoms with van der Waals surface area (Å²) in [6, 6.07) is 0. The van der Waals surface area contributed by atoms with Crippen LogP contribution in [0, 0.1) is 0 Å². The molecule has 0 aliphatic carbocycles. The molecule has 0 aromatic heterocycles. The van der Waals surface area contributed by atoms with Crippen LogP contribution in [0.15, 0.2) is 35.5 Å². The van der Waals surface area contributed by atoms with Gasteiger partial charge >= 0.3 is 0 Å². The molecule has 0 aromatic carbocycles. The second-order valence-electron chi connectivity index (χ2n) is 3.79. The first-order valence-electron chi connectivity index (χ1n) is 4.59. The standard InChI is InChI=1S/C12H21N/c1-7-10(2)8-11(3)12(4)9-13(5)6/h7-8H,1,9H2,2-6H3/b10-8-,12-11+. The molecule has 0 saturated heterocycles. The zero-order valence-corrected chi connectivity index (χ0v) is 9.52. The van der Waals surface area contributed by atoms with Gasteiger partial charge in [-0.25, -0.2) is 0 Å². The van der Waals surface area contributed by atoms with Gasteiger partial charge in [0.05, 0.1) is 0 Å². The van der Waals surface area contributed by atoms with Crippen LogP contribution in [0.5, 0.6) is 0 Å². The van der Waals surface area contributed by atoms with E-state index in [-0.39, 0.29) is 0 Å². The summed E-state index contributed by atoms with van der Waals surface area (Å²) in [4.78, 5) is 2.18. The molecule has 1 nitrogen and oxygen atoms in total. The van der Waals surface area contributed by atoms with Crippen LogP contribution in [0.3, 0.4) is 0 Å². The van der Waals surface area contributed by atoms with E-state index in [0.29, 0.717) is 0 Å². The molecule has 0 atom stereocenters. The van der Waals surface area contributed by atoms with E-state index in [2.05, 4.69) is 52.4 Å². The molecule has 0 rings (SSSR count). The number of hydrogen-bond donors (Lipinski definition) is 0. The number of rotatable bonds is 4. The summed E-state index contributed by atoms with van der Waals surface area (Å²) in [5.41, 5.74) is 3.97. The van der Waals surface area contributed by atoms with Gasteiger partial charge in [-0.1, -0.05) is 35.5 Å². The van der Waals surface area contributed by atoms with Crippen LogP contribution in [-0.4, -0.2) is 25.5 Å². The Kier molecular flexibility index (Phi) is 5.40. The molecule has 0 aromatic rings. The Morgan fingerprint density at radius 1 is 1.23 bits per heavy atom. The Hall–Kier alpha value is -0.820. The van der Waals surface area contributed by atoms with E-state index >= 15 is 0 Å². The Labute approximate surface area is 82.4 Å². The van der Waals surface area contributed by atoms with E-state index in [4.69, 9.17) is 0 Å². The molecular weight excluding hydrogens is 158 g/mol. The monoisotopic (exact) mass is 179 g/mol. The SMILES string of the molecule is C=C/C(C)=C\C(C)=C(/C)CN(C)C. The van der Waals surface area contributed by atoms with Crippen molar-refractivity contribution in [3.05, 3.63) is 35.5 Å². The van der Waals surface area contributed by atoms with Crippen LogP contribution in [0.1, 0.15) is 20.8 Å². The molecule has 0 bridgehead atoms. The minimum absolute atomic E-state index is 1.02. The van der Waals surface area contributed by atoms with Gasteiger partial charge in [0.2, 0.25) is 0 Å². The fourth-order valence-electron chi connectivity index (χ4n) is 1.12. The van der Waals surface area contributed by atoms with Crippen molar-refractivity contribution < 1.29 is 0 Å². The maximum Gasteiger partial charge on any atom is 0.0189 e. The van der Waals surface area contributed by atoms with Crippen LogP contribution in [-0.2, 0) is 0 Å². The van der Waals surface area contributed by atoms with Crippen molar-refractivity contribution in [1.82, 2.24) is 4.90 Å². The Bertz CT molecular complexity index is 232. The molecule has 1 heteroatoms. The lowest BCUT2D eigenvalue weighted by Crippen LogP contribution is -2.14. The zero-order valence-electron chi connectivity index (χ0n) is 9.52. The van der Waals surface area contributed by atoms with Crippen molar-refractivity contribution in [3.63, 3.8) is 0 Å². The van der Waals surface area contributed by atoms with Crippen LogP contribution in [0.4, 0.5) is 0 Å². The van der Waals surface area contributed by atoms with Crippen molar-refractivity contribution >= 4 is 0 Å². The molecule has 0 aliphatic heterocycles.